The Kier molecular flexibility index (Phi) is 7.30. The van der Waals surface area contributed by atoms with Gasteiger partial charge in [-0.1, -0.05) is 35.9 Å². The first kappa shape index (κ1) is 24.7. The van der Waals surface area contributed by atoms with Crippen molar-refractivity contribution in [3.05, 3.63) is 89.4 Å². The molecule has 1 saturated heterocycles. The number of carbonyl (C=O) groups is 2. The quantitative estimate of drug-likeness (QED) is 0.231. The van der Waals surface area contributed by atoms with Crippen molar-refractivity contribution in [3.8, 4) is 11.5 Å². The highest BCUT2D eigenvalue weighted by Crippen LogP contribution is 2.31. The molecule has 2 N–H and O–H groups in total. The van der Waals surface area contributed by atoms with Gasteiger partial charge < -0.3 is 15.0 Å². The number of allylic oxidation sites excluding steroid dienone is 1. The zero-order valence-electron chi connectivity index (χ0n) is 20.3. The molecule has 1 fully saturated rings. The molecule has 0 amide bonds. The minimum absolute atomic E-state index is 0.0420. The van der Waals surface area contributed by atoms with E-state index < -0.39 is 0 Å². The topological polar surface area (TPSA) is 100 Å². The lowest BCUT2D eigenvalue weighted by Crippen LogP contribution is -2.27. The van der Waals surface area contributed by atoms with Crippen LogP contribution in [-0.4, -0.2) is 57.1 Å². The van der Waals surface area contributed by atoms with Crippen molar-refractivity contribution in [2.45, 2.75) is 19.4 Å². The maximum absolute atomic E-state index is 13.6. The number of aromatic nitrogens is 3. The number of ether oxygens (including phenoxy) is 1. The van der Waals surface area contributed by atoms with Gasteiger partial charge in [0.05, 0.1) is 16.0 Å². The van der Waals surface area contributed by atoms with Crippen LogP contribution in [0.3, 0.4) is 0 Å². The molecular formula is C28H26ClN5O3. The number of anilines is 1. The summed E-state index contributed by atoms with van der Waals surface area (Å²) in [5.41, 5.74) is 1.37. The van der Waals surface area contributed by atoms with E-state index in [4.69, 9.17) is 16.3 Å². The van der Waals surface area contributed by atoms with Crippen LogP contribution in [0.5, 0.6) is 11.5 Å². The highest BCUT2D eigenvalue weighted by atomic mass is 35.5. The zero-order valence-corrected chi connectivity index (χ0v) is 21.0. The van der Waals surface area contributed by atoms with Crippen LogP contribution in [0, 0.1) is 0 Å². The van der Waals surface area contributed by atoms with E-state index in [1.807, 2.05) is 36.4 Å². The molecule has 0 radical (unpaired) electrons. The summed E-state index contributed by atoms with van der Waals surface area (Å²) in [7, 11) is 0. The van der Waals surface area contributed by atoms with E-state index in [2.05, 4.69) is 25.2 Å². The molecule has 1 aliphatic rings. The summed E-state index contributed by atoms with van der Waals surface area (Å²) >= 11 is 6.52. The van der Waals surface area contributed by atoms with Gasteiger partial charge in [-0.25, -0.2) is 9.97 Å². The van der Waals surface area contributed by atoms with Crippen LogP contribution in [0.15, 0.2) is 73.2 Å². The molecule has 1 aliphatic heterocycles. The van der Waals surface area contributed by atoms with Crippen LogP contribution in [0.2, 0.25) is 5.02 Å². The van der Waals surface area contributed by atoms with Gasteiger partial charge in [0, 0.05) is 43.5 Å². The minimum Gasteiger partial charge on any atom is -0.457 e. The number of fused-ring (bicyclic) bond motifs is 1. The van der Waals surface area contributed by atoms with Crippen LogP contribution in [-0.2, 0) is 4.79 Å². The average Bonchev–Trinajstić information content (AvgIpc) is 3.52. The van der Waals surface area contributed by atoms with Crippen molar-refractivity contribution in [1.82, 2.24) is 19.9 Å². The molecule has 9 heteroatoms. The third kappa shape index (κ3) is 5.71. The summed E-state index contributed by atoms with van der Waals surface area (Å²) in [6.45, 7) is 3.96. The summed E-state index contributed by atoms with van der Waals surface area (Å²) < 4.78 is 5.84. The third-order valence-corrected chi connectivity index (χ3v) is 6.52. The number of nitrogens with zero attached hydrogens (tertiary/aromatic N) is 3. The lowest BCUT2D eigenvalue weighted by Gasteiger charge is -2.16. The first-order chi connectivity index (χ1) is 18.0. The van der Waals surface area contributed by atoms with Crippen LogP contribution in [0.4, 0.5) is 5.82 Å². The molecule has 1 unspecified atom stereocenters. The summed E-state index contributed by atoms with van der Waals surface area (Å²) in [6, 6.07) is 14.6. The number of aromatic amines is 1. The van der Waals surface area contributed by atoms with Gasteiger partial charge in [-0.15, -0.1) is 0 Å². The van der Waals surface area contributed by atoms with Crippen molar-refractivity contribution in [2.24, 2.45) is 0 Å². The van der Waals surface area contributed by atoms with E-state index in [0.717, 1.165) is 19.5 Å². The molecule has 5 rings (SSSR count). The molecule has 3 heterocycles. The number of nitrogens with one attached hydrogen (secondary N) is 2. The van der Waals surface area contributed by atoms with Gasteiger partial charge in [-0.05, 0) is 43.7 Å². The zero-order chi connectivity index (χ0) is 25.8. The van der Waals surface area contributed by atoms with Crippen LogP contribution >= 0.6 is 11.6 Å². The van der Waals surface area contributed by atoms with E-state index >= 15 is 0 Å². The Bertz CT molecular complexity index is 1470. The second kappa shape index (κ2) is 10.9. The standard InChI is InChI=1S/C28H26ClN5O3/c1-18(35)6-5-12-34-13-11-19(16-34)33-28-25-23(15-30-27(25)31-17-32-28)26(36)22-10-9-21(14-24(22)29)37-20-7-3-2-4-8-20/h2-10,14-15,17,19H,11-13,16H2,1H3,(H2,30,31,32,33)/b6-5+. The first-order valence-electron chi connectivity index (χ1n) is 12.0. The van der Waals surface area contributed by atoms with Gasteiger partial charge in [0.2, 0.25) is 0 Å². The Morgan fingerprint density at radius 1 is 1.16 bits per heavy atom. The van der Waals surface area contributed by atoms with E-state index in [-0.39, 0.29) is 17.6 Å². The molecule has 188 valence electrons. The van der Waals surface area contributed by atoms with Crippen LogP contribution < -0.4 is 10.1 Å². The Labute approximate surface area is 219 Å². The molecule has 4 aromatic rings. The van der Waals surface area contributed by atoms with Crippen molar-refractivity contribution in [2.75, 3.05) is 25.0 Å². The fourth-order valence-electron chi connectivity index (χ4n) is 4.44. The molecule has 0 saturated carbocycles. The highest BCUT2D eigenvalue weighted by Gasteiger charge is 2.25. The molecule has 0 spiro atoms. The largest absolute Gasteiger partial charge is 0.457 e. The fourth-order valence-corrected chi connectivity index (χ4v) is 4.70. The number of H-pyrrole nitrogens is 1. The molecule has 37 heavy (non-hydrogen) atoms. The number of hydrogen-bond donors (Lipinski definition) is 2. The van der Waals surface area contributed by atoms with E-state index in [1.54, 1.807) is 37.4 Å². The molecule has 0 aliphatic carbocycles. The monoisotopic (exact) mass is 515 g/mol. The molecule has 0 bridgehead atoms. The van der Waals surface area contributed by atoms with Gasteiger partial charge in [0.25, 0.3) is 0 Å². The minimum atomic E-state index is -0.234. The van der Waals surface area contributed by atoms with Gasteiger partial charge in [0.15, 0.2) is 11.6 Å². The Morgan fingerprint density at radius 3 is 2.78 bits per heavy atom. The predicted molar refractivity (Wildman–Crippen MR) is 144 cm³/mol. The first-order valence-corrected chi connectivity index (χ1v) is 12.4. The van der Waals surface area contributed by atoms with Gasteiger partial charge in [-0.3, -0.25) is 14.5 Å². The second-order valence-electron chi connectivity index (χ2n) is 8.94. The molecule has 1 atom stereocenters. The highest BCUT2D eigenvalue weighted by molar-refractivity contribution is 6.35. The van der Waals surface area contributed by atoms with Gasteiger partial charge in [-0.2, -0.15) is 0 Å². The number of likely N-dealkylation sites (tertiary alicyclic amines) is 1. The number of halogens is 1. The fraction of sp³-hybridized carbons (Fsp3) is 0.214. The van der Waals surface area contributed by atoms with Crippen molar-refractivity contribution < 1.29 is 14.3 Å². The van der Waals surface area contributed by atoms with Crippen molar-refractivity contribution in [3.63, 3.8) is 0 Å². The Hall–Kier alpha value is -4.01. The number of ketones is 2. The molecule has 8 nitrogen and oxygen atoms in total. The predicted octanol–water partition coefficient (Wildman–Crippen LogP) is 5.27. The van der Waals surface area contributed by atoms with Gasteiger partial charge in [0.1, 0.15) is 29.3 Å². The maximum atomic E-state index is 13.6. The average molecular weight is 516 g/mol. The van der Waals surface area contributed by atoms with E-state index in [1.165, 1.54) is 6.33 Å². The van der Waals surface area contributed by atoms with E-state index in [0.29, 0.717) is 51.0 Å². The number of benzene rings is 2. The van der Waals surface area contributed by atoms with Crippen LogP contribution in [0.25, 0.3) is 11.0 Å². The maximum Gasteiger partial charge on any atom is 0.196 e. The normalized spacial score (nSPS) is 15.9. The SMILES string of the molecule is CC(=O)/C=C/CN1CCC(Nc2ncnc3[nH]cc(C(=O)c4ccc(Oc5ccccc5)cc4Cl)c23)C1. The third-order valence-electron chi connectivity index (χ3n) is 6.21. The summed E-state index contributed by atoms with van der Waals surface area (Å²) in [5, 5.41) is 4.41. The number of carbonyl (C=O) groups excluding carboxylic acids is 2. The Morgan fingerprint density at radius 2 is 2.00 bits per heavy atom. The molecule has 2 aromatic heterocycles. The summed E-state index contributed by atoms with van der Waals surface area (Å²) in [6.07, 6.45) is 7.52. The number of hydrogen-bond acceptors (Lipinski definition) is 7. The molecular weight excluding hydrogens is 490 g/mol. The lowest BCUT2D eigenvalue weighted by molar-refractivity contribution is -0.112. The Balaban J connectivity index is 1.35. The number of rotatable bonds is 9. The smallest absolute Gasteiger partial charge is 0.196 e. The second-order valence-corrected chi connectivity index (χ2v) is 9.34. The van der Waals surface area contributed by atoms with Crippen molar-refractivity contribution in [1.29, 1.82) is 0 Å². The van der Waals surface area contributed by atoms with E-state index in [9.17, 15) is 9.59 Å². The number of para-hydroxylation sites is 1. The molecule has 2 aromatic carbocycles. The summed E-state index contributed by atoms with van der Waals surface area (Å²) in [5.74, 6) is 1.63. The summed E-state index contributed by atoms with van der Waals surface area (Å²) in [4.78, 5) is 38.8. The van der Waals surface area contributed by atoms with Crippen LogP contribution in [0.1, 0.15) is 29.3 Å². The van der Waals surface area contributed by atoms with Crippen molar-refractivity contribution >= 4 is 40.0 Å². The lowest BCUT2D eigenvalue weighted by atomic mass is 10.0. The van der Waals surface area contributed by atoms with Gasteiger partial charge >= 0.3 is 0 Å².